The Hall–Kier alpha value is -2.56. The van der Waals surface area contributed by atoms with E-state index in [0.717, 1.165) is 0 Å². The molecule has 2 aromatic carbocycles. The minimum atomic E-state index is -0.541. The van der Waals surface area contributed by atoms with Crippen molar-refractivity contribution in [3.8, 4) is 5.75 Å². The first-order valence-electron chi connectivity index (χ1n) is 5.63. The summed E-state index contributed by atoms with van der Waals surface area (Å²) < 4.78 is 18.6. The van der Waals surface area contributed by atoms with Gasteiger partial charge in [0.1, 0.15) is 18.2 Å². The van der Waals surface area contributed by atoms with Gasteiger partial charge in [-0.15, -0.1) is 0 Å². The molecule has 0 heterocycles. The van der Waals surface area contributed by atoms with Crippen LogP contribution in [0.15, 0.2) is 42.5 Å². The summed E-state index contributed by atoms with van der Waals surface area (Å²) in [6, 6.07) is 11.0. The fourth-order valence-corrected chi connectivity index (χ4v) is 1.65. The van der Waals surface area contributed by atoms with Crippen molar-refractivity contribution in [3.63, 3.8) is 0 Å². The van der Waals surface area contributed by atoms with Crippen LogP contribution in [0.2, 0.25) is 0 Å². The van der Waals surface area contributed by atoms with Crippen LogP contribution >= 0.6 is 0 Å². The third-order valence-corrected chi connectivity index (χ3v) is 2.65. The van der Waals surface area contributed by atoms with Crippen LogP contribution in [0.4, 0.5) is 10.1 Å². The number of nitrogen functional groups attached to an aromatic ring is 1. The number of rotatable bonds is 4. The molecule has 0 saturated heterocycles. The van der Waals surface area contributed by atoms with Gasteiger partial charge in [-0.2, -0.15) is 0 Å². The van der Waals surface area contributed by atoms with Crippen LogP contribution in [0.1, 0.15) is 15.9 Å². The van der Waals surface area contributed by atoms with E-state index >= 15 is 0 Å². The summed E-state index contributed by atoms with van der Waals surface area (Å²) in [5.74, 6) is -0.727. The van der Waals surface area contributed by atoms with Crippen LogP contribution in [0, 0.1) is 5.82 Å². The van der Waals surface area contributed by atoms with E-state index in [4.69, 9.17) is 16.2 Å². The molecular formula is C14H13FN2O2. The Morgan fingerprint density at radius 3 is 2.63 bits per heavy atom. The zero-order valence-electron chi connectivity index (χ0n) is 10.1. The van der Waals surface area contributed by atoms with Gasteiger partial charge in [0.15, 0.2) is 0 Å². The molecule has 4 nitrogen and oxygen atoms in total. The summed E-state index contributed by atoms with van der Waals surface area (Å²) >= 11 is 0. The number of ether oxygens (including phenoxy) is 1. The first-order chi connectivity index (χ1) is 9.08. The summed E-state index contributed by atoms with van der Waals surface area (Å²) in [5, 5.41) is 0. The second kappa shape index (κ2) is 5.39. The number of benzene rings is 2. The Morgan fingerprint density at radius 1 is 1.21 bits per heavy atom. The highest BCUT2D eigenvalue weighted by atomic mass is 19.1. The topological polar surface area (TPSA) is 78.3 Å². The SMILES string of the molecule is NC(=O)c1ccccc1COc1ccc(N)c(F)c1. The van der Waals surface area contributed by atoms with E-state index in [1.54, 1.807) is 30.3 Å². The van der Waals surface area contributed by atoms with Crippen molar-refractivity contribution in [1.82, 2.24) is 0 Å². The van der Waals surface area contributed by atoms with Gasteiger partial charge in [0.2, 0.25) is 5.91 Å². The zero-order valence-corrected chi connectivity index (χ0v) is 10.1. The lowest BCUT2D eigenvalue weighted by atomic mass is 10.1. The molecule has 1 amide bonds. The van der Waals surface area contributed by atoms with E-state index in [0.29, 0.717) is 16.9 Å². The smallest absolute Gasteiger partial charge is 0.249 e. The molecule has 0 atom stereocenters. The lowest BCUT2D eigenvalue weighted by molar-refractivity contribution is 0.0998. The fourth-order valence-electron chi connectivity index (χ4n) is 1.65. The van der Waals surface area contributed by atoms with Crippen molar-refractivity contribution >= 4 is 11.6 Å². The van der Waals surface area contributed by atoms with Gasteiger partial charge < -0.3 is 16.2 Å². The Bertz CT molecular complexity index is 614. The lowest BCUT2D eigenvalue weighted by Crippen LogP contribution is -2.14. The Balaban J connectivity index is 2.14. The van der Waals surface area contributed by atoms with E-state index in [2.05, 4.69) is 0 Å². The highest BCUT2D eigenvalue weighted by Gasteiger charge is 2.08. The van der Waals surface area contributed by atoms with Crippen LogP contribution in [-0.2, 0) is 6.61 Å². The number of carbonyl (C=O) groups is 1. The molecule has 0 fully saturated rings. The van der Waals surface area contributed by atoms with E-state index in [9.17, 15) is 9.18 Å². The number of hydrogen-bond acceptors (Lipinski definition) is 3. The summed E-state index contributed by atoms with van der Waals surface area (Å²) in [6.45, 7) is 0.127. The molecule has 0 aliphatic carbocycles. The minimum Gasteiger partial charge on any atom is -0.489 e. The van der Waals surface area contributed by atoms with Gasteiger partial charge in [-0.3, -0.25) is 4.79 Å². The maximum Gasteiger partial charge on any atom is 0.249 e. The van der Waals surface area contributed by atoms with E-state index < -0.39 is 11.7 Å². The predicted octanol–water partition coefficient (Wildman–Crippen LogP) is 2.09. The highest BCUT2D eigenvalue weighted by Crippen LogP contribution is 2.19. The molecule has 2 aromatic rings. The summed E-state index contributed by atoms with van der Waals surface area (Å²) in [6.07, 6.45) is 0. The quantitative estimate of drug-likeness (QED) is 0.826. The van der Waals surface area contributed by atoms with Gasteiger partial charge in [0.25, 0.3) is 0 Å². The third-order valence-electron chi connectivity index (χ3n) is 2.65. The molecule has 0 spiro atoms. The van der Waals surface area contributed by atoms with E-state index in [-0.39, 0.29) is 12.3 Å². The normalized spacial score (nSPS) is 10.2. The average molecular weight is 260 g/mol. The molecule has 0 aliphatic heterocycles. The van der Waals surface area contributed by atoms with Crippen molar-refractivity contribution in [3.05, 3.63) is 59.4 Å². The maximum atomic E-state index is 13.2. The Morgan fingerprint density at radius 2 is 1.95 bits per heavy atom. The van der Waals surface area contributed by atoms with Crippen molar-refractivity contribution < 1.29 is 13.9 Å². The summed E-state index contributed by atoms with van der Waals surface area (Å²) in [4.78, 5) is 11.2. The molecule has 0 bridgehead atoms. The second-order valence-electron chi connectivity index (χ2n) is 3.99. The third kappa shape index (κ3) is 3.01. The maximum absolute atomic E-state index is 13.2. The van der Waals surface area contributed by atoms with Crippen LogP contribution in [0.25, 0.3) is 0 Å². The first kappa shape index (κ1) is 12.9. The van der Waals surface area contributed by atoms with Crippen molar-refractivity contribution in [2.45, 2.75) is 6.61 Å². The average Bonchev–Trinajstić information content (AvgIpc) is 2.40. The summed E-state index contributed by atoms with van der Waals surface area (Å²) in [7, 11) is 0. The number of halogens is 1. The molecule has 5 heteroatoms. The molecule has 19 heavy (non-hydrogen) atoms. The monoisotopic (exact) mass is 260 g/mol. The minimum absolute atomic E-state index is 0.0601. The number of nitrogens with two attached hydrogens (primary N) is 2. The van der Waals surface area contributed by atoms with Crippen molar-refractivity contribution in [2.75, 3.05) is 5.73 Å². The van der Waals surface area contributed by atoms with Gasteiger partial charge in [-0.1, -0.05) is 18.2 Å². The molecule has 2 rings (SSSR count). The highest BCUT2D eigenvalue weighted by molar-refractivity contribution is 5.94. The molecule has 0 radical (unpaired) electrons. The predicted molar refractivity (Wildman–Crippen MR) is 70.1 cm³/mol. The number of anilines is 1. The first-order valence-corrected chi connectivity index (χ1v) is 5.63. The number of hydrogen-bond donors (Lipinski definition) is 2. The van der Waals surface area contributed by atoms with Gasteiger partial charge in [-0.25, -0.2) is 4.39 Å². The Kier molecular flexibility index (Phi) is 3.66. The molecule has 98 valence electrons. The number of amides is 1. The molecule has 0 aliphatic rings. The largest absolute Gasteiger partial charge is 0.489 e. The van der Waals surface area contributed by atoms with Crippen LogP contribution in [0.5, 0.6) is 5.75 Å². The standard InChI is InChI=1S/C14H13FN2O2/c15-12-7-10(5-6-13(12)16)19-8-9-3-1-2-4-11(9)14(17)18/h1-7H,8,16H2,(H2,17,18). The molecule has 0 unspecified atom stereocenters. The van der Waals surface area contributed by atoms with Crippen molar-refractivity contribution in [1.29, 1.82) is 0 Å². The molecular weight excluding hydrogens is 247 g/mol. The second-order valence-corrected chi connectivity index (χ2v) is 3.99. The van der Waals surface area contributed by atoms with Gasteiger partial charge >= 0.3 is 0 Å². The molecule has 0 saturated carbocycles. The van der Waals surface area contributed by atoms with Crippen molar-refractivity contribution in [2.24, 2.45) is 5.73 Å². The van der Waals surface area contributed by atoms with Crippen LogP contribution < -0.4 is 16.2 Å². The number of carbonyl (C=O) groups excluding carboxylic acids is 1. The van der Waals surface area contributed by atoms with Gasteiger partial charge in [0, 0.05) is 17.2 Å². The Labute approximate surface area is 109 Å². The van der Waals surface area contributed by atoms with Gasteiger partial charge in [-0.05, 0) is 18.2 Å². The molecule has 0 aromatic heterocycles. The fraction of sp³-hybridized carbons (Fsp3) is 0.0714. The van der Waals surface area contributed by atoms with E-state index in [1.165, 1.54) is 12.1 Å². The summed E-state index contributed by atoms with van der Waals surface area (Å²) in [5.41, 5.74) is 11.7. The van der Waals surface area contributed by atoms with E-state index in [1.807, 2.05) is 0 Å². The molecule has 4 N–H and O–H groups in total. The zero-order chi connectivity index (χ0) is 13.8. The number of primary amides is 1. The lowest BCUT2D eigenvalue weighted by Gasteiger charge is -2.09. The van der Waals surface area contributed by atoms with Crippen LogP contribution in [-0.4, -0.2) is 5.91 Å². The van der Waals surface area contributed by atoms with Crippen LogP contribution in [0.3, 0.4) is 0 Å². The van der Waals surface area contributed by atoms with Gasteiger partial charge in [0.05, 0.1) is 5.69 Å².